The van der Waals surface area contributed by atoms with Crippen LogP contribution >= 0.6 is 0 Å². The molecule has 20 heavy (non-hydrogen) atoms. The smallest absolute Gasteiger partial charge is 0.246 e. The molecule has 108 valence electrons. The Morgan fingerprint density at radius 3 is 2.30 bits per heavy atom. The third-order valence-corrected chi connectivity index (χ3v) is 3.52. The van der Waals surface area contributed by atoms with Gasteiger partial charge in [0.1, 0.15) is 0 Å². The molecule has 0 unspecified atom stereocenters. The second-order valence-electron chi connectivity index (χ2n) is 6.14. The van der Waals surface area contributed by atoms with Crippen molar-refractivity contribution in [1.29, 1.82) is 0 Å². The summed E-state index contributed by atoms with van der Waals surface area (Å²) in [5, 5.41) is 0. The summed E-state index contributed by atoms with van der Waals surface area (Å²) in [4.78, 5) is 13.8. The van der Waals surface area contributed by atoms with Gasteiger partial charge in [0.05, 0.1) is 13.2 Å². The molecule has 0 aromatic heterocycles. The van der Waals surface area contributed by atoms with Crippen molar-refractivity contribution in [3.63, 3.8) is 0 Å². The molecule has 1 aromatic rings. The molecule has 3 heteroatoms. The van der Waals surface area contributed by atoms with E-state index >= 15 is 0 Å². The van der Waals surface area contributed by atoms with Gasteiger partial charge in [-0.15, -0.1) is 0 Å². The van der Waals surface area contributed by atoms with Gasteiger partial charge in [-0.25, -0.2) is 0 Å². The Hall–Kier alpha value is -1.61. The second kappa shape index (κ2) is 6.23. The Labute approximate surface area is 121 Å². The van der Waals surface area contributed by atoms with Gasteiger partial charge in [0.2, 0.25) is 5.91 Å². The molecule has 0 radical (unpaired) electrons. The molecular weight excluding hydrogens is 250 g/mol. The van der Waals surface area contributed by atoms with E-state index in [-0.39, 0.29) is 11.3 Å². The van der Waals surface area contributed by atoms with Crippen LogP contribution in [0.3, 0.4) is 0 Å². The van der Waals surface area contributed by atoms with Crippen molar-refractivity contribution in [2.75, 3.05) is 26.3 Å². The quantitative estimate of drug-likeness (QED) is 0.775. The summed E-state index contributed by atoms with van der Waals surface area (Å²) in [6.07, 6.45) is 3.53. The number of carbonyl (C=O) groups is 1. The van der Waals surface area contributed by atoms with Gasteiger partial charge in [-0.2, -0.15) is 0 Å². The SMILES string of the molecule is CC(C)(C)c1ccc(/C=C/C(=O)N2CCOCC2)cc1. The van der Waals surface area contributed by atoms with Crippen LogP contribution < -0.4 is 0 Å². The zero-order chi connectivity index (χ0) is 14.6. The van der Waals surface area contributed by atoms with E-state index in [2.05, 4.69) is 45.0 Å². The normalized spacial score (nSPS) is 16.6. The maximum absolute atomic E-state index is 12.0. The van der Waals surface area contributed by atoms with Gasteiger partial charge in [-0.05, 0) is 22.6 Å². The average molecular weight is 273 g/mol. The fraction of sp³-hybridized carbons (Fsp3) is 0.471. The number of nitrogens with zero attached hydrogens (tertiary/aromatic N) is 1. The lowest BCUT2D eigenvalue weighted by atomic mass is 9.87. The van der Waals surface area contributed by atoms with Crippen LogP contribution in [-0.4, -0.2) is 37.1 Å². The van der Waals surface area contributed by atoms with Crippen LogP contribution in [0.25, 0.3) is 6.08 Å². The van der Waals surface area contributed by atoms with E-state index in [0.717, 1.165) is 5.56 Å². The summed E-state index contributed by atoms with van der Waals surface area (Å²) in [6.45, 7) is 9.23. The summed E-state index contributed by atoms with van der Waals surface area (Å²) in [6, 6.07) is 8.37. The Balaban J connectivity index is 1.98. The molecular formula is C17H23NO2. The van der Waals surface area contributed by atoms with Gasteiger partial charge in [-0.1, -0.05) is 45.0 Å². The van der Waals surface area contributed by atoms with Crippen molar-refractivity contribution in [3.05, 3.63) is 41.5 Å². The van der Waals surface area contributed by atoms with E-state index < -0.39 is 0 Å². The van der Waals surface area contributed by atoms with Crippen molar-refractivity contribution < 1.29 is 9.53 Å². The number of ether oxygens (including phenoxy) is 1. The Bertz CT molecular complexity index is 477. The molecule has 2 rings (SSSR count). The molecule has 0 aliphatic carbocycles. The first-order chi connectivity index (χ1) is 9.47. The zero-order valence-electron chi connectivity index (χ0n) is 12.6. The fourth-order valence-electron chi connectivity index (χ4n) is 2.15. The van der Waals surface area contributed by atoms with E-state index in [9.17, 15) is 4.79 Å². The predicted octanol–water partition coefficient (Wildman–Crippen LogP) is 2.86. The molecule has 1 aliphatic heterocycles. The highest BCUT2D eigenvalue weighted by Crippen LogP contribution is 2.22. The summed E-state index contributed by atoms with van der Waals surface area (Å²) in [5.41, 5.74) is 2.51. The molecule has 0 saturated carbocycles. The van der Waals surface area contributed by atoms with Gasteiger partial charge in [-0.3, -0.25) is 4.79 Å². The minimum absolute atomic E-state index is 0.0631. The number of carbonyl (C=O) groups excluding carboxylic acids is 1. The van der Waals surface area contributed by atoms with E-state index in [1.165, 1.54) is 5.56 Å². The van der Waals surface area contributed by atoms with Crippen LogP contribution in [0.15, 0.2) is 30.3 Å². The van der Waals surface area contributed by atoms with E-state index in [1.54, 1.807) is 6.08 Å². The molecule has 1 aromatic carbocycles. The van der Waals surface area contributed by atoms with E-state index in [4.69, 9.17) is 4.74 Å². The lowest BCUT2D eigenvalue weighted by Gasteiger charge is -2.25. The molecule has 0 bridgehead atoms. The fourth-order valence-corrected chi connectivity index (χ4v) is 2.15. The molecule has 1 fully saturated rings. The number of hydrogen-bond acceptors (Lipinski definition) is 2. The number of hydrogen-bond donors (Lipinski definition) is 0. The van der Waals surface area contributed by atoms with Gasteiger partial charge >= 0.3 is 0 Å². The molecule has 0 spiro atoms. The van der Waals surface area contributed by atoms with E-state index in [0.29, 0.717) is 26.3 Å². The molecule has 1 aliphatic rings. The molecule has 0 N–H and O–H groups in total. The molecule has 1 heterocycles. The molecule has 1 amide bonds. The van der Waals surface area contributed by atoms with E-state index in [1.807, 2.05) is 11.0 Å². The van der Waals surface area contributed by atoms with Gasteiger partial charge in [0.25, 0.3) is 0 Å². The van der Waals surface area contributed by atoms with Crippen LogP contribution in [0, 0.1) is 0 Å². The second-order valence-corrected chi connectivity index (χ2v) is 6.14. The minimum Gasteiger partial charge on any atom is -0.378 e. The minimum atomic E-state index is 0.0631. The van der Waals surface area contributed by atoms with Crippen molar-refractivity contribution in [2.24, 2.45) is 0 Å². The highest BCUT2D eigenvalue weighted by Gasteiger charge is 2.14. The summed E-state index contributed by atoms with van der Waals surface area (Å²) in [5.74, 6) is 0.0631. The van der Waals surface area contributed by atoms with Crippen molar-refractivity contribution in [3.8, 4) is 0 Å². The first kappa shape index (κ1) is 14.8. The average Bonchev–Trinajstić information content (AvgIpc) is 2.45. The van der Waals surface area contributed by atoms with Crippen LogP contribution in [-0.2, 0) is 14.9 Å². The molecule has 1 saturated heterocycles. The first-order valence-electron chi connectivity index (χ1n) is 7.12. The zero-order valence-corrected chi connectivity index (χ0v) is 12.6. The number of morpholine rings is 1. The Morgan fingerprint density at radius 2 is 1.75 bits per heavy atom. The third kappa shape index (κ3) is 3.94. The largest absolute Gasteiger partial charge is 0.378 e. The molecule has 3 nitrogen and oxygen atoms in total. The Morgan fingerprint density at radius 1 is 1.15 bits per heavy atom. The van der Waals surface area contributed by atoms with Crippen LogP contribution in [0.5, 0.6) is 0 Å². The van der Waals surface area contributed by atoms with Crippen LogP contribution in [0.2, 0.25) is 0 Å². The number of benzene rings is 1. The maximum atomic E-state index is 12.0. The van der Waals surface area contributed by atoms with Gasteiger partial charge in [0, 0.05) is 19.2 Å². The van der Waals surface area contributed by atoms with Crippen LogP contribution in [0.1, 0.15) is 31.9 Å². The van der Waals surface area contributed by atoms with Gasteiger partial charge < -0.3 is 9.64 Å². The predicted molar refractivity (Wildman–Crippen MR) is 81.6 cm³/mol. The molecule has 0 atom stereocenters. The van der Waals surface area contributed by atoms with Crippen molar-refractivity contribution in [2.45, 2.75) is 26.2 Å². The summed E-state index contributed by atoms with van der Waals surface area (Å²) in [7, 11) is 0. The lowest BCUT2D eigenvalue weighted by Crippen LogP contribution is -2.39. The lowest BCUT2D eigenvalue weighted by molar-refractivity contribution is -0.129. The summed E-state index contributed by atoms with van der Waals surface area (Å²) < 4.78 is 5.24. The number of amides is 1. The monoisotopic (exact) mass is 273 g/mol. The summed E-state index contributed by atoms with van der Waals surface area (Å²) >= 11 is 0. The maximum Gasteiger partial charge on any atom is 0.246 e. The third-order valence-electron chi connectivity index (χ3n) is 3.52. The van der Waals surface area contributed by atoms with Crippen LogP contribution in [0.4, 0.5) is 0 Å². The Kier molecular flexibility index (Phi) is 4.61. The van der Waals surface area contributed by atoms with Gasteiger partial charge in [0.15, 0.2) is 0 Å². The standard InChI is InChI=1S/C17H23NO2/c1-17(2,3)15-7-4-14(5-8-15)6-9-16(19)18-10-12-20-13-11-18/h4-9H,10-13H2,1-3H3/b9-6+. The van der Waals surface area contributed by atoms with Crippen molar-refractivity contribution >= 4 is 12.0 Å². The topological polar surface area (TPSA) is 29.5 Å². The number of rotatable bonds is 2. The van der Waals surface area contributed by atoms with Crippen molar-refractivity contribution in [1.82, 2.24) is 4.90 Å². The highest BCUT2D eigenvalue weighted by molar-refractivity contribution is 5.91. The highest BCUT2D eigenvalue weighted by atomic mass is 16.5. The first-order valence-corrected chi connectivity index (χ1v) is 7.12.